The van der Waals surface area contributed by atoms with Crippen LogP contribution in [0, 0.1) is 5.82 Å². The Morgan fingerprint density at radius 1 is 0.931 bits per heavy atom. The molecule has 0 spiro atoms. The first kappa shape index (κ1) is 20.1. The molecule has 0 unspecified atom stereocenters. The van der Waals surface area contributed by atoms with Crippen LogP contribution < -0.4 is 10.1 Å². The first-order valence-electron chi connectivity index (χ1n) is 9.07. The maximum Gasteiger partial charge on any atom is 0.326 e. The van der Waals surface area contributed by atoms with Gasteiger partial charge in [-0.15, -0.1) is 0 Å². The van der Waals surface area contributed by atoms with Gasteiger partial charge < -0.3 is 15.2 Å². The van der Waals surface area contributed by atoms with Crippen LogP contribution in [0.3, 0.4) is 0 Å². The second-order valence-corrected chi connectivity index (χ2v) is 6.47. The fourth-order valence-corrected chi connectivity index (χ4v) is 2.82. The molecule has 5 nitrogen and oxygen atoms in total. The van der Waals surface area contributed by atoms with Crippen LogP contribution in [0.1, 0.15) is 21.5 Å². The quantitative estimate of drug-likeness (QED) is 0.610. The number of carbonyl (C=O) groups excluding carboxylic acids is 1. The van der Waals surface area contributed by atoms with Gasteiger partial charge in [-0.2, -0.15) is 0 Å². The van der Waals surface area contributed by atoms with E-state index in [2.05, 4.69) is 5.32 Å². The van der Waals surface area contributed by atoms with Crippen LogP contribution in [0.5, 0.6) is 5.75 Å². The average molecular weight is 393 g/mol. The number of ether oxygens (including phenoxy) is 1. The van der Waals surface area contributed by atoms with Crippen molar-refractivity contribution >= 4 is 11.9 Å². The fraction of sp³-hybridized carbons (Fsp3) is 0.130. The highest BCUT2D eigenvalue weighted by Gasteiger charge is 2.22. The van der Waals surface area contributed by atoms with Crippen LogP contribution in [-0.4, -0.2) is 23.0 Å². The predicted molar refractivity (Wildman–Crippen MR) is 106 cm³/mol. The Bertz CT molecular complexity index is 991. The third-order valence-electron chi connectivity index (χ3n) is 4.31. The summed E-state index contributed by atoms with van der Waals surface area (Å²) in [5.74, 6) is -2.08. The Hall–Kier alpha value is -3.67. The number of aliphatic carboxylic acids is 1. The van der Waals surface area contributed by atoms with Gasteiger partial charge in [0.2, 0.25) is 0 Å². The summed E-state index contributed by atoms with van der Waals surface area (Å²) in [6.45, 7) is 0.386. The van der Waals surface area contributed by atoms with E-state index >= 15 is 0 Å². The first-order valence-corrected chi connectivity index (χ1v) is 9.07. The molecular weight excluding hydrogens is 373 g/mol. The van der Waals surface area contributed by atoms with Gasteiger partial charge in [0.1, 0.15) is 24.2 Å². The summed E-state index contributed by atoms with van der Waals surface area (Å²) in [6.07, 6.45) is 0.0397. The second kappa shape index (κ2) is 9.50. The summed E-state index contributed by atoms with van der Waals surface area (Å²) in [5, 5.41) is 11.9. The monoisotopic (exact) mass is 393 g/mol. The number of rotatable bonds is 8. The lowest BCUT2D eigenvalue weighted by Crippen LogP contribution is -2.42. The van der Waals surface area contributed by atoms with Crippen molar-refractivity contribution in [1.29, 1.82) is 0 Å². The zero-order chi connectivity index (χ0) is 20.6. The lowest BCUT2D eigenvalue weighted by Gasteiger charge is -2.16. The molecule has 0 radical (unpaired) electrons. The Kier molecular flexibility index (Phi) is 6.58. The van der Waals surface area contributed by atoms with Gasteiger partial charge >= 0.3 is 5.97 Å². The summed E-state index contributed by atoms with van der Waals surface area (Å²) in [5.41, 5.74) is 1.49. The van der Waals surface area contributed by atoms with Crippen LogP contribution >= 0.6 is 0 Å². The van der Waals surface area contributed by atoms with E-state index in [1.807, 2.05) is 30.3 Å². The molecule has 1 amide bonds. The zero-order valence-electron chi connectivity index (χ0n) is 15.5. The zero-order valence-corrected chi connectivity index (χ0v) is 15.5. The van der Waals surface area contributed by atoms with E-state index in [1.54, 1.807) is 24.3 Å². The second-order valence-electron chi connectivity index (χ2n) is 6.47. The molecule has 6 heteroatoms. The summed E-state index contributed by atoms with van der Waals surface area (Å²) < 4.78 is 19.5. The van der Waals surface area contributed by atoms with E-state index in [4.69, 9.17) is 4.74 Å². The molecule has 0 saturated heterocycles. The topological polar surface area (TPSA) is 75.6 Å². The van der Waals surface area contributed by atoms with Crippen molar-refractivity contribution in [2.75, 3.05) is 0 Å². The van der Waals surface area contributed by atoms with Gasteiger partial charge in [-0.3, -0.25) is 4.79 Å². The van der Waals surface area contributed by atoms with Gasteiger partial charge in [0.15, 0.2) is 0 Å². The summed E-state index contributed by atoms with van der Waals surface area (Å²) >= 11 is 0. The van der Waals surface area contributed by atoms with E-state index in [-0.39, 0.29) is 12.0 Å². The van der Waals surface area contributed by atoms with Crippen LogP contribution in [0.4, 0.5) is 4.39 Å². The Morgan fingerprint density at radius 3 is 2.34 bits per heavy atom. The van der Waals surface area contributed by atoms with Crippen molar-refractivity contribution in [3.8, 4) is 5.75 Å². The number of carbonyl (C=O) groups is 2. The predicted octanol–water partition coefficient (Wildman–Crippen LogP) is 3.83. The number of nitrogens with one attached hydrogen (secondary N) is 1. The molecule has 0 aliphatic carbocycles. The minimum absolute atomic E-state index is 0.0397. The molecular formula is C23H20FNO4. The van der Waals surface area contributed by atoms with Gasteiger partial charge in [0.05, 0.1) is 5.56 Å². The normalized spacial score (nSPS) is 11.5. The Morgan fingerprint density at radius 2 is 1.62 bits per heavy atom. The molecule has 3 aromatic rings. The molecule has 0 heterocycles. The third-order valence-corrected chi connectivity index (χ3v) is 4.31. The minimum Gasteiger partial charge on any atom is -0.489 e. The number of hydrogen-bond acceptors (Lipinski definition) is 3. The standard InChI is InChI=1S/C23H20FNO4/c24-20-12-5-4-11-19(20)22(26)25-21(23(27)28)14-17-9-6-10-18(13-17)29-15-16-7-2-1-3-8-16/h1-13,21H,14-15H2,(H,25,26)(H,27,28)/t21-/m1/s1. The fourth-order valence-electron chi connectivity index (χ4n) is 2.82. The molecule has 0 fully saturated rings. The van der Waals surface area contributed by atoms with Crippen LogP contribution in [0.2, 0.25) is 0 Å². The number of hydrogen-bond donors (Lipinski definition) is 2. The average Bonchev–Trinajstić information content (AvgIpc) is 2.73. The molecule has 2 N–H and O–H groups in total. The van der Waals surface area contributed by atoms with Crippen molar-refractivity contribution in [3.05, 3.63) is 101 Å². The maximum absolute atomic E-state index is 13.8. The number of carboxylic acid groups (broad SMARTS) is 1. The van der Waals surface area contributed by atoms with Crippen molar-refractivity contribution < 1.29 is 23.8 Å². The number of carboxylic acids is 1. The van der Waals surface area contributed by atoms with E-state index in [0.717, 1.165) is 11.6 Å². The first-order chi connectivity index (χ1) is 14.0. The van der Waals surface area contributed by atoms with Crippen LogP contribution in [0.25, 0.3) is 0 Å². The Labute approximate surface area is 167 Å². The van der Waals surface area contributed by atoms with Gasteiger partial charge in [-0.25, -0.2) is 9.18 Å². The molecule has 1 atom stereocenters. The van der Waals surface area contributed by atoms with Crippen molar-refractivity contribution in [3.63, 3.8) is 0 Å². The SMILES string of the molecule is O=C(N[C@H](Cc1cccc(OCc2ccccc2)c1)C(=O)O)c1ccccc1F. The molecule has 3 rings (SSSR count). The highest BCUT2D eigenvalue weighted by Crippen LogP contribution is 2.17. The van der Waals surface area contributed by atoms with Gasteiger partial charge in [-0.05, 0) is 35.4 Å². The van der Waals surface area contributed by atoms with E-state index in [0.29, 0.717) is 17.9 Å². The van der Waals surface area contributed by atoms with Gasteiger partial charge in [0, 0.05) is 6.42 Å². The van der Waals surface area contributed by atoms with Crippen LogP contribution in [-0.2, 0) is 17.8 Å². The van der Waals surface area contributed by atoms with E-state index < -0.39 is 23.7 Å². The lowest BCUT2D eigenvalue weighted by atomic mass is 10.0. The van der Waals surface area contributed by atoms with E-state index in [9.17, 15) is 19.1 Å². The smallest absolute Gasteiger partial charge is 0.326 e. The minimum atomic E-state index is -1.20. The van der Waals surface area contributed by atoms with Gasteiger partial charge in [-0.1, -0.05) is 54.6 Å². The molecule has 0 aromatic heterocycles. The molecule has 0 bridgehead atoms. The third kappa shape index (κ3) is 5.65. The van der Waals surface area contributed by atoms with Crippen molar-refractivity contribution in [2.45, 2.75) is 19.1 Å². The molecule has 148 valence electrons. The molecule has 29 heavy (non-hydrogen) atoms. The van der Waals surface area contributed by atoms with Crippen molar-refractivity contribution in [2.24, 2.45) is 0 Å². The summed E-state index contributed by atoms with van der Waals surface area (Å²) in [4.78, 5) is 23.9. The van der Waals surface area contributed by atoms with Gasteiger partial charge in [0.25, 0.3) is 5.91 Å². The molecule has 3 aromatic carbocycles. The van der Waals surface area contributed by atoms with E-state index in [1.165, 1.54) is 18.2 Å². The summed E-state index contributed by atoms with van der Waals surface area (Å²) in [7, 11) is 0. The highest BCUT2D eigenvalue weighted by atomic mass is 19.1. The molecule has 0 aliphatic heterocycles. The lowest BCUT2D eigenvalue weighted by molar-refractivity contribution is -0.139. The maximum atomic E-state index is 13.8. The van der Waals surface area contributed by atoms with Crippen molar-refractivity contribution in [1.82, 2.24) is 5.32 Å². The highest BCUT2D eigenvalue weighted by molar-refractivity contribution is 5.96. The van der Waals surface area contributed by atoms with Crippen LogP contribution in [0.15, 0.2) is 78.9 Å². The number of halogens is 1. The Balaban J connectivity index is 1.66. The summed E-state index contributed by atoms with van der Waals surface area (Å²) in [6, 6.07) is 20.9. The molecule has 0 saturated carbocycles. The number of amides is 1. The largest absolute Gasteiger partial charge is 0.489 e. The number of benzene rings is 3. The molecule has 0 aliphatic rings.